The number of carbonyl (C=O) groups is 1. The van der Waals surface area contributed by atoms with Crippen LogP contribution in [0.15, 0.2) is 41.7 Å². The van der Waals surface area contributed by atoms with Crippen molar-refractivity contribution in [2.75, 3.05) is 36.8 Å². The molecule has 154 valence electrons. The van der Waals surface area contributed by atoms with E-state index in [-0.39, 0.29) is 17.3 Å². The molecule has 0 saturated carbocycles. The fraction of sp³-hybridized carbons (Fsp3) is 0.353. The number of nitro groups is 1. The number of thioether (sulfide) groups is 1. The topological polar surface area (TPSA) is 92.5 Å². The van der Waals surface area contributed by atoms with Crippen LogP contribution in [0.4, 0.5) is 24.7 Å². The summed E-state index contributed by atoms with van der Waals surface area (Å²) in [4.78, 5) is 33.9. The standard InChI is InChI=1S/C17H16F3N5O3S/c18-17(19,20)12-1-4-15(22-9-12)29-11-16(26)24-7-5-23(6-8-24)14-3-2-13(10-21-14)25(27)28/h1-4,9-10H,5-8,11H2. The third kappa shape index (κ3) is 5.34. The van der Waals surface area contributed by atoms with Gasteiger partial charge in [-0.25, -0.2) is 9.97 Å². The van der Waals surface area contributed by atoms with Crippen LogP contribution in [0.2, 0.25) is 0 Å². The Morgan fingerprint density at radius 3 is 2.34 bits per heavy atom. The molecule has 0 spiro atoms. The van der Waals surface area contributed by atoms with Gasteiger partial charge in [-0.15, -0.1) is 0 Å². The summed E-state index contributed by atoms with van der Waals surface area (Å²) in [7, 11) is 0. The van der Waals surface area contributed by atoms with Crippen LogP contribution in [-0.4, -0.2) is 57.6 Å². The van der Waals surface area contributed by atoms with Gasteiger partial charge in [0, 0.05) is 38.4 Å². The minimum Gasteiger partial charge on any atom is -0.353 e. The van der Waals surface area contributed by atoms with Gasteiger partial charge in [0.15, 0.2) is 0 Å². The first-order valence-corrected chi connectivity index (χ1v) is 9.52. The normalized spacial score (nSPS) is 14.7. The molecule has 8 nitrogen and oxygen atoms in total. The average Bonchev–Trinajstić information content (AvgIpc) is 2.72. The number of alkyl halides is 3. The lowest BCUT2D eigenvalue weighted by Crippen LogP contribution is -2.49. The van der Waals surface area contributed by atoms with Gasteiger partial charge in [-0.05, 0) is 18.2 Å². The lowest BCUT2D eigenvalue weighted by atomic mass is 10.3. The van der Waals surface area contributed by atoms with E-state index in [2.05, 4.69) is 9.97 Å². The van der Waals surface area contributed by atoms with Crippen molar-refractivity contribution in [3.63, 3.8) is 0 Å². The Labute approximate surface area is 167 Å². The number of aromatic nitrogens is 2. The first kappa shape index (κ1) is 20.8. The molecule has 0 unspecified atom stereocenters. The summed E-state index contributed by atoms with van der Waals surface area (Å²) in [6, 6.07) is 5.14. The summed E-state index contributed by atoms with van der Waals surface area (Å²) in [6.07, 6.45) is -2.49. The maximum absolute atomic E-state index is 12.5. The third-order valence-corrected chi connectivity index (χ3v) is 5.24. The Kier molecular flexibility index (Phi) is 6.20. The molecule has 1 aliphatic heterocycles. The number of nitrogens with zero attached hydrogens (tertiary/aromatic N) is 5. The Hall–Kier alpha value is -2.89. The van der Waals surface area contributed by atoms with Crippen molar-refractivity contribution in [3.8, 4) is 0 Å². The quantitative estimate of drug-likeness (QED) is 0.412. The van der Waals surface area contributed by atoms with E-state index in [1.165, 1.54) is 18.3 Å². The molecular weight excluding hydrogens is 411 g/mol. The van der Waals surface area contributed by atoms with Crippen LogP contribution >= 0.6 is 11.8 Å². The Bertz CT molecular complexity index is 869. The molecule has 3 heterocycles. The van der Waals surface area contributed by atoms with Gasteiger partial charge in [0.25, 0.3) is 5.69 Å². The molecule has 0 atom stereocenters. The van der Waals surface area contributed by atoms with Crippen LogP contribution in [-0.2, 0) is 11.0 Å². The van der Waals surface area contributed by atoms with Crippen LogP contribution in [0.5, 0.6) is 0 Å². The minimum atomic E-state index is -4.44. The molecule has 2 aromatic rings. The monoisotopic (exact) mass is 427 g/mol. The summed E-state index contributed by atoms with van der Waals surface area (Å²) in [5, 5.41) is 11.0. The number of piperazine rings is 1. The lowest BCUT2D eigenvalue weighted by molar-refractivity contribution is -0.385. The number of amides is 1. The Morgan fingerprint density at radius 2 is 1.83 bits per heavy atom. The van der Waals surface area contributed by atoms with Crippen molar-refractivity contribution in [2.24, 2.45) is 0 Å². The predicted molar refractivity (Wildman–Crippen MR) is 99.6 cm³/mol. The molecule has 0 N–H and O–H groups in total. The highest BCUT2D eigenvalue weighted by atomic mass is 32.2. The first-order valence-electron chi connectivity index (χ1n) is 8.53. The van der Waals surface area contributed by atoms with Gasteiger partial charge >= 0.3 is 6.18 Å². The van der Waals surface area contributed by atoms with Gasteiger partial charge in [-0.2, -0.15) is 13.2 Å². The number of carbonyl (C=O) groups excluding carboxylic acids is 1. The molecule has 12 heteroatoms. The Morgan fingerprint density at radius 1 is 1.10 bits per heavy atom. The zero-order valence-corrected chi connectivity index (χ0v) is 15.8. The maximum Gasteiger partial charge on any atom is 0.417 e. The van der Waals surface area contributed by atoms with Crippen LogP contribution in [0, 0.1) is 10.1 Å². The fourth-order valence-electron chi connectivity index (χ4n) is 2.72. The number of hydrogen-bond acceptors (Lipinski definition) is 7. The fourth-order valence-corrected chi connectivity index (χ4v) is 3.46. The predicted octanol–water partition coefficient (Wildman–Crippen LogP) is 2.84. The maximum atomic E-state index is 12.5. The van der Waals surface area contributed by atoms with E-state index in [9.17, 15) is 28.1 Å². The molecule has 1 saturated heterocycles. The van der Waals surface area contributed by atoms with E-state index >= 15 is 0 Å². The van der Waals surface area contributed by atoms with Gasteiger partial charge in [-0.3, -0.25) is 14.9 Å². The molecule has 2 aromatic heterocycles. The highest BCUT2D eigenvalue weighted by Crippen LogP contribution is 2.29. The van der Waals surface area contributed by atoms with E-state index in [1.54, 1.807) is 11.0 Å². The Balaban J connectivity index is 1.48. The van der Waals surface area contributed by atoms with Crippen molar-refractivity contribution >= 4 is 29.2 Å². The zero-order chi connectivity index (χ0) is 21.0. The second-order valence-corrected chi connectivity index (χ2v) is 7.17. The second-order valence-electron chi connectivity index (χ2n) is 6.17. The molecule has 0 aliphatic carbocycles. The molecular formula is C17H16F3N5O3S. The van der Waals surface area contributed by atoms with Gasteiger partial charge in [0.05, 0.1) is 21.3 Å². The summed E-state index contributed by atoms with van der Waals surface area (Å²) in [6.45, 7) is 1.97. The summed E-state index contributed by atoms with van der Waals surface area (Å²) >= 11 is 1.08. The van der Waals surface area contributed by atoms with Gasteiger partial charge in [0.1, 0.15) is 12.0 Å². The van der Waals surface area contributed by atoms with E-state index < -0.39 is 16.7 Å². The average molecular weight is 427 g/mol. The van der Waals surface area contributed by atoms with Crippen LogP contribution in [0.1, 0.15) is 5.56 Å². The highest BCUT2D eigenvalue weighted by Gasteiger charge is 2.30. The highest BCUT2D eigenvalue weighted by molar-refractivity contribution is 7.99. The molecule has 1 aliphatic rings. The molecule has 1 fully saturated rings. The van der Waals surface area contributed by atoms with E-state index in [0.29, 0.717) is 37.0 Å². The summed E-state index contributed by atoms with van der Waals surface area (Å²) < 4.78 is 37.6. The van der Waals surface area contributed by atoms with E-state index in [0.717, 1.165) is 24.0 Å². The summed E-state index contributed by atoms with van der Waals surface area (Å²) in [5.41, 5.74) is -0.916. The van der Waals surface area contributed by atoms with Gasteiger partial charge in [0.2, 0.25) is 5.91 Å². The number of rotatable bonds is 5. The van der Waals surface area contributed by atoms with Crippen LogP contribution in [0.3, 0.4) is 0 Å². The molecule has 0 radical (unpaired) electrons. The van der Waals surface area contributed by atoms with Crippen molar-refractivity contribution in [1.82, 2.24) is 14.9 Å². The number of pyridine rings is 2. The molecule has 0 bridgehead atoms. The van der Waals surface area contributed by atoms with Gasteiger partial charge < -0.3 is 9.80 Å². The second kappa shape index (κ2) is 8.64. The van der Waals surface area contributed by atoms with Crippen molar-refractivity contribution < 1.29 is 22.9 Å². The van der Waals surface area contributed by atoms with Crippen LogP contribution < -0.4 is 4.90 Å². The summed E-state index contributed by atoms with van der Waals surface area (Å²) in [5.74, 6) is 0.549. The number of anilines is 1. The number of halogens is 3. The third-order valence-electron chi connectivity index (χ3n) is 4.31. The van der Waals surface area contributed by atoms with E-state index in [1.807, 2.05) is 4.90 Å². The largest absolute Gasteiger partial charge is 0.417 e. The zero-order valence-electron chi connectivity index (χ0n) is 15.0. The van der Waals surface area contributed by atoms with Gasteiger partial charge in [-0.1, -0.05) is 11.8 Å². The van der Waals surface area contributed by atoms with Crippen LogP contribution in [0.25, 0.3) is 0 Å². The molecule has 1 amide bonds. The van der Waals surface area contributed by atoms with E-state index in [4.69, 9.17) is 0 Å². The minimum absolute atomic E-state index is 0.0775. The van der Waals surface area contributed by atoms with Crippen molar-refractivity contribution in [3.05, 3.63) is 52.3 Å². The smallest absolute Gasteiger partial charge is 0.353 e. The molecule has 3 rings (SSSR count). The first-order chi connectivity index (χ1) is 13.7. The number of hydrogen-bond donors (Lipinski definition) is 0. The van der Waals surface area contributed by atoms with Crippen molar-refractivity contribution in [2.45, 2.75) is 11.2 Å². The molecule has 29 heavy (non-hydrogen) atoms. The SMILES string of the molecule is O=C(CSc1ccc(C(F)(F)F)cn1)N1CCN(c2ccc([N+](=O)[O-])cn2)CC1. The van der Waals surface area contributed by atoms with Crippen molar-refractivity contribution in [1.29, 1.82) is 0 Å². The lowest BCUT2D eigenvalue weighted by Gasteiger charge is -2.35. The molecule has 0 aromatic carbocycles.